The number of nitrogens with zero attached hydrogens (tertiary/aromatic N) is 5. The van der Waals surface area contributed by atoms with Gasteiger partial charge in [-0.1, -0.05) is 13.0 Å². The van der Waals surface area contributed by atoms with Gasteiger partial charge in [0.25, 0.3) is 5.91 Å². The molecule has 0 saturated heterocycles. The summed E-state index contributed by atoms with van der Waals surface area (Å²) in [7, 11) is 0. The lowest BCUT2D eigenvalue weighted by molar-refractivity contribution is 0.0946. The molecule has 136 valence electrons. The third kappa shape index (κ3) is 3.82. The highest BCUT2D eigenvalue weighted by molar-refractivity contribution is 5.95. The van der Waals surface area contributed by atoms with Gasteiger partial charge in [0, 0.05) is 25.0 Å². The van der Waals surface area contributed by atoms with E-state index in [0.29, 0.717) is 17.9 Å². The number of nitrogens with one attached hydrogen (secondary N) is 1. The van der Waals surface area contributed by atoms with E-state index in [4.69, 9.17) is 0 Å². The maximum Gasteiger partial charge on any atom is 0.254 e. The van der Waals surface area contributed by atoms with Gasteiger partial charge in [0.15, 0.2) is 5.82 Å². The van der Waals surface area contributed by atoms with Crippen LogP contribution in [0.15, 0.2) is 36.7 Å². The van der Waals surface area contributed by atoms with Crippen LogP contribution < -0.4 is 5.32 Å². The Hall–Kier alpha value is -2.96. The van der Waals surface area contributed by atoms with Gasteiger partial charge in [0.2, 0.25) is 0 Å². The number of aryl methyl sites for hydroxylation is 2. The first-order valence-corrected chi connectivity index (χ1v) is 8.71. The minimum atomic E-state index is -0.120. The van der Waals surface area contributed by atoms with E-state index in [0.717, 1.165) is 23.6 Å². The van der Waals surface area contributed by atoms with Crippen molar-refractivity contribution >= 4 is 5.91 Å². The normalized spacial score (nSPS) is 12.2. The number of hydrogen-bond acceptors (Lipinski definition) is 4. The number of aromatic nitrogens is 5. The molecule has 1 amide bonds. The Labute approximate surface area is 153 Å². The topological polar surface area (TPSA) is 77.6 Å². The lowest BCUT2D eigenvalue weighted by Crippen LogP contribution is -2.30. The Kier molecular flexibility index (Phi) is 5.16. The molecule has 3 heterocycles. The Morgan fingerprint density at radius 1 is 1.27 bits per heavy atom. The molecule has 0 aromatic carbocycles. The summed E-state index contributed by atoms with van der Waals surface area (Å²) in [6, 6.07) is 7.66. The van der Waals surface area contributed by atoms with Crippen molar-refractivity contribution in [2.24, 2.45) is 5.92 Å². The zero-order valence-corrected chi connectivity index (χ0v) is 15.6. The molecule has 3 rings (SSSR count). The van der Waals surface area contributed by atoms with Crippen LogP contribution in [0.5, 0.6) is 0 Å². The van der Waals surface area contributed by atoms with Gasteiger partial charge in [-0.15, -0.1) is 0 Å². The first-order chi connectivity index (χ1) is 12.5. The van der Waals surface area contributed by atoms with Crippen LogP contribution in [0.4, 0.5) is 0 Å². The number of amides is 1. The van der Waals surface area contributed by atoms with Crippen LogP contribution in [0.3, 0.4) is 0 Å². The van der Waals surface area contributed by atoms with E-state index in [1.807, 2.05) is 43.7 Å². The summed E-state index contributed by atoms with van der Waals surface area (Å²) in [6.45, 7) is 9.34. The second kappa shape index (κ2) is 7.51. The molecule has 26 heavy (non-hydrogen) atoms. The zero-order valence-electron chi connectivity index (χ0n) is 15.6. The van der Waals surface area contributed by atoms with Gasteiger partial charge < -0.3 is 5.32 Å². The molecule has 0 unspecified atom stereocenters. The Morgan fingerprint density at radius 3 is 2.73 bits per heavy atom. The van der Waals surface area contributed by atoms with Gasteiger partial charge in [0.1, 0.15) is 0 Å². The van der Waals surface area contributed by atoms with E-state index in [1.165, 1.54) is 0 Å². The molecule has 1 N–H and O–H groups in total. The quantitative estimate of drug-likeness (QED) is 0.739. The van der Waals surface area contributed by atoms with Crippen molar-refractivity contribution in [3.8, 4) is 5.82 Å². The number of pyridine rings is 1. The zero-order chi connectivity index (χ0) is 18.7. The standard InChI is InChI=1S/C19H24N6O/c1-13(12-24-15(3)9-14(2)23-24)10-21-19(26)17-11-22-25(16(17)4)18-7-5-6-8-20-18/h5-9,11,13H,10,12H2,1-4H3,(H,21,26)/t13-/m1/s1. The lowest BCUT2D eigenvalue weighted by atomic mass is 10.1. The van der Waals surface area contributed by atoms with Gasteiger partial charge in [-0.3, -0.25) is 9.48 Å². The van der Waals surface area contributed by atoms with Crippen LogP contribution >= 0.6 is 0 Å². The van der Waals surface area contributed by atoms with Crippen molar-refractivity contribution in [2.75, 3.05) is 6.54 Å². The van der Waals surface area contributed by atoms with Crippen LogP contribution in [0.1, 0.15) is 34.4 Å². The summed E-state index contributed by atoms with van der Waals surface area (Å²) in [5.41, 5.74) is 3.48. The van der Waals surface area contributed by atoms with E-state index >= 15 is 0 Å². The summed E-state index contributed by atoms with van der Waals surface area (Å²) < 4.78 is 3.66. The molecular formula is C19H24N6O. The van der Waals surface area contributed by atoms with Crippen molar-refractivity contribution in [1.29, 1.82) is 0 Å². The van der Waals surface area contributed by atoms with Crippen LogP contribution in [-0.4, -0.2) is 37.0 Å². The molecule has 0 aliphatic rings. The van der Waals surface area contributed by atoms with Crippen LogP contribution in [-0.2, 0) is 6.54 Å². The van der Waals surface area contributed by atoms with Crippen molar-refractivity contribution < 1.29 is 4.79 Å². The molecule has 3 aromatic heterocycles. The maximum atomic E-state index is 12.5. The Morgan fingerprint density at radius 2 is 2.08 bits per heavy atom. The van der Waals surface area contributed by atoms with Crippen molar-refractivity contribution in [3.63, 3.8) is 0 Å². The summed E-state index contributed by atoms with van der Waals surface area (Å²) in [5.74, 6) is 0.843. The molecule has 3 aromatic rings. The average molecular weight is 352 g/mol. The SMILES string of the molecule is Cc1cc(C)n(C[C@H](C)CNC(=O)c2cnn(-c3ccccn3)c2C)n1. The fourth-order valence-electron chi connectivity index (χ4n) is 2.92. The minimum Gasteiger partial charge on any atom is -0.352 e. The predicted molar refractivity (Wildman–Crippen MR) is 99.3 cm³/mol. The monoisotopic (exact) mass is 352 g/mol. The molecule has 0 aliphatic carbocycles. The van der Waals surface area contributed by atoms with Gasteiger partial charge in [0.05, 0.1) is 23.1 Å². The highest BCUT2D eigenvalue weighted by Gasteiger charge is 2.16. The molecule has 0 fully saturated rings. The predicted octanol–water partition coefficient (Wildman–Crippen LogP) is 2.46. The molecule has 0 saturated carbocycles. The highest BCUT2D eigenvalue weighted by Crippen LogP contribution is 2.12. The number of hydrogen-bond donors (Lipinski definition) is 1. The summed E-state index contributed by atoms with van der Waals surface area (Å²) in [4.78, 5) is 16.8. The van der Waals surface area contributed by atoms with Gasteiger partial charge in [-0.2, -0.15) is 10.2 Å². The van der Waals surface area contributed by atoms with E-state index < -0.39 is 0 Å². The van der Waals surface area contributed by atoms with E-state index in [9.17, 15) is 4.79 Å². The number of rotatable bonds is 6. The first-order valence-electron chi connectivity index (χ1n) is 8.71. The molecular weight excluding hydrogens is 328 g/mol. The van der Waals surface area contributed by atoms with Crippen molar-refractivity contribution in [3.05, 3.63) is 59.3 Å². The Bertz CT molecular complexity index is 896. The van der Waals surface area contributed by atoms with Gasteiger partial charge >= 0.3 is 0 Å². The smallest absolute Gasteiger partial charge is 0.254 e. The molecule has 0 bridgehead atoms. The second-order valence-corrected chi connectivity index (χ2v) is 6.67. The van der Waals surface area contributed by atoms with E-state index in [2.05, 4.69) is 33.5 Å². The summed E-state index contributed by atoms with van der Waals surface area (Å²) >= 11 is 0. The molecule has 0 aliphatic heterocycles. The van der Waals surface area contributed by atoms with Crippen LogP contribution in [0.25, 0.3) is 5.82 Å². The summed E-state index contributed by atoms with van der Waals surface area (Å²) in [5, 5.41) is 11.8. The molecule has 7 nitrogen and oxygen atoms in total. The fourth-order valence-corrected chi connectivity index (χ4v) is 2.92. The number of carbonyl (C=O) groups is 1. The van der Waals surface area contributed by atoms with Gasteiger partial charge in [-0.05, 0) is 44.9 Å². The first kappa shape index (κ1) is 17.8. The van der Waals surface area contributed by atoms with Crippen molar-refractivity contribution in [1.82, 2.24) is 29.9 Å². The highest BCUT2D eigenvalue weighted by atomic mass is 16.1. The van der Waals surface area contributed by atoms with Crippen LogP contribution in [0.2, 0.25) is 0 Å². The number of carbonyl (C=O) groups excluding carboxylic acids is 1. The molecule has 7 heteroatoms. The average Bonchev–Trinajstić information content (AvgIpc) is 3.15. The second-order valence-electron chi connectivity index (χ2n) is 6.67. The minimum absolute atomic E-state index is 0.120. The largest absolute Gasteiger partial charge is 0.352 e. The van der Waals surface area contributed by atoms with E-state index in [1.54, 1.807) is 17.1 Å². The third-order valence-corrected chi connectivity index (χ3v) is 4.32. The third-order valence-electron chi connectivity index (χ3n) is 4.32. The van der Waals surface area contributed by atoms with Gasteiger partial charge in [-0.25, -0.2) is 9.67 Å². The Balaban J connectivity index is 1.62. The van der Waals surface area contributed by atoms with E-state index in [-0.39, 0.29) is 11.8 Å². The fraction of sp³-hybridized carbons (Fsp3) is 0.368. The summed E-state index contributed by atoms with van der Waals surface area (Å²) in [6.07, 6.45) is 3.29. The maximum absolute atomic E-state index is 12.5. The van der Waals surface area contributed by atoms with Crippen molar-refractivity contribution in [2.45, 2.75) is 34.2 Å². The molecule has 1 atom stereocenters. The molecule has 0 radical (unpaired) electrons. The lowest BCUT2D eigenvalue weighted by Gasteiger charge is -2.14. The van der Waals surface area contributed by atoms with Crippen LogP contribution in [0, 0.1) is 26.7 Å². The molecule has 0 spiro atoms.